The quantitative estimate of drug-likeness (QED) is 0.466. The van der Waals surface area contributed by atoms with Gasteiger partial charge in [0.1, 0.15) is 0 Å². The van der Waals surface area contributed by atoms with Gasteiger partial charge in [-0.2, -0.15) is 0 Å². The molecule has 0 fully saturated rings. The zero-order valence-electron chi connectivity index (χ0n) is 11.1. The lowest BCUT2D eigenvalue weighted by Crippen LogP contribution is -2.30. The van der Waals surface area contributed by atoms with Crippen LogP contribution < -0.4 is 10.1 Å². The lowest BCUT2D eigenvalue weighted by Gasteiger charge is -2.09. The molecule has 0 heterocycles. The van der Waals surface area contributed by atoms with Crippen molar-refractivity contribution in [3.63, 3.8) is 0 Å². The van der Waals surface area contributed by atoms with Gasteiger partial charge in [0.2, 0.25) is 5.91 Å². The van der Waals surface area contributed by atoms with E-state index < -0.39 is 4.92 Å². The zero-order chi connectivity index (χ0) is 14.3. The third-order valence-electron chi connectivity index (χ3n) is 2.32. The summed E-state index contributed by atoms with van der Waals surface area (Å²) in [5, 5.41) is 13.5. The van der Waals surface area contributed by atoms with E-state index in [2.05, 4.69) is 5.32 Å². The summed E-state index contributed by atoms with van der Waals surface area (Å²) in [6, 6.07) is 6.31. The number of para-hydroxylation sites is 2. The summed E-state index contributed by atoms with van der Waals surface area (Å²) >= 11 is 0. The van der Waals surface area contributed by atoms with Crippen molar-refractivity contribution in [2.75, 3.05) is 6.61 Å². The summed E-state index contributed by atoms with van der Waals surface area (Å²) in [4.78, 5) is 21.6. The van der Waals surface area contributed by atoms with E-state index in [1.807, 2.05) is 13.8 Å². The van der Waals surface area contributed by atoms with E-state index in [9.17, 15) is 14.9 Å². The summed E-state index contributed by atoms with van der Waals surface area (Å²) in [6.07, 6.45) is 0.864. The normalized spacial score (nSPS) is 10.3. The van der Waals surface area contributed by atoms with Crippen LogP contribution in [0.4, 0.5) is 5.69 Å². The molecule has 0 aromatic heterocycles. The average Bonchev–Trinajstić information content (AvgIpc) is 2.34. The Kier molecular flexibility index (Phi) is 5.78. The van der Waals surface area contributed by atoms with Crippen LogP contribution in [-0.4, -0.2) is 23.5 Å². The molecule has 1 aromatic rings. The molecule has 0 unspecified atom stereocenters. The second kappa shape index (κ2) is 7.35. The molecule has 0 spiro atoms. The minimum atomic E-state index is -0.485. The number of hydrogen-bond donors (Lipinski definition) is 1. The van der Waals surface area contributed by atoms with Crippen LogP contribution in [0.2, 0.25) is 0 Å². The van der Waals surface area contributed by atoms with Crippen molar-refractivity contribution in [3.05, 3.63) is 34.4 Å². The molecule has 0 saturated heterocycles. The molecule has 1 amide bonds. The highest BCUT2D eigenvalue weighted by Crippen LogP contribution is 2.25. The Bertz CT molecular complexity index is 446. The predicted molar refractivity (Wildman–Crippen MR) is 71.1 cm³/mol. The van der Waals surface area contributed by atoms with Crippen LogP contribution in [0.1, 0.15) is 26.7 Å². The third kappa shape index (κ3) is 5.37. The minimum absolute atomic E-state index is 0.0406. The van der Waals surface area contributed by atoms with Gasteiger partial charge in [0, 0.05) is 18.5 Å². The summed E-state index contributed by atoms with van der Waals surface area (Å²) in [5.74, 6) is 0.193. The molecule has 0 aliphatic carbocycles. The summed E-state index contributed by atoms with van der Waals surface area (Å²) < 4.78 is 5.33. The van der Waals surface area contributed by atoms with E-state index in [0.29, 0.717) is 12.8 Å². The first-order chi connectivity index (χ1) is 9.00. The first kappa shape index (κ1) is 14.9. The molecule has 19 heavy (non-hydrogen) atoms. The molecule has 1 N–H and O–H groups in total. The average molecular weight is 266 g/mol. The van der Waals surface area contributed by atoms with E-state index in [4.69, 9.17) is 4.74 Å². The molecule has 0 aliphatic heterocycles. The van der Waals surface area contributed by atoms with Gasteiger partial charge < -0.3 is 10.1 Å². The molecule has 1 rings (SSSR count). The van der Waals surface area contributed by atoms with Crippen LogP contribution in [0.3, 0.4) is 0 Å². The van der Waals surface area contributed by atoms with Crippen molar-refractivity contribution in [1.82, 2.24) is 5.32 Å². The van der Waals surface area contributed by atoms with Crippen LogP contribution in [0.5, 0.6) is 5.75 Å². The van der Waals surface area contributed by atoms with E-state index in [0.717, 1.165) is 0 Å². The number of rotatable bonds is 7. The van der Waals surface area contributed by atoms with Gasteiger partial charge >= 0.3 is 5.69 Å². The van der Waals surface area contributed by atoms with Crippen molar-refractivity contribution < 1.29 is 14.5 Å². The Labute approximate surface area is 111 Å². The summed E-state index contributed by atoms with van der Waals surface area (Å²) in [5.41, 5.74) is -0.0610. The van der Waals surface area contributed by atoms with E-state index in [-0.39, 0.29) is 30.0 Å². The Morgan fingerprint density at radius 1 is 1.42 bits per heavy atom. The Balaban J connectivity index is 2.38. The van der Waals surface area contributed by atoms with Crippen molar-refractivity contribution in [1.29, 1.82) is 0 Å². The Hall–Kier alpha value is -2.11. The van der Waals surface area contributed by atoms with Gasteiger partial charge in [0.05, 0.1) is 11.5 Å². The standard InChI is InChI=1S/C13H18N2O4/c1-10(2)14-13(16)8-5-9-19-12-7-4-3-6-11(12)15(17)18/h3-4,6-7,10H,5,8-9H2,1-2H3,(H,14,16). The fourth-order valence-corrected chi connectivity index (χ4v) is 1.54. The molecule has 0 aliphatic rings. The first-order valence-electron chi connectivity index (χ1n) is 6.16. The van der Waals surface area contributed by atoms with Crippen molar-refractivity contribution in [2.45, 2.75) is 32.7 Å². The maximum Gasteiger partial charge on any atom is 0.310 e. The highest BCUT2D eigenvalue weighted by Gasteiger charge is 2.13. The van der Waals surface area contributed by atoms with Crippen LogP contribution in [0.25, 0.3) is 0 Å². The fourth-order valence-electron chi connectivity index (χ4n) is 1.54. The lowest BCUT2D eigenvalue weighted by atomic mass is 10.2. The van der Waals surface area contributed by atoms with Gasteiger partial charge in [-0.1, -0.05) is 12.1 Å². The van der Waals surface area contributed by atoms with Gasteiger partial charge in [-0.15, -0.1) is 0 Å². The molecule has 0 bridgehead atoms. The van der Waals surface area contributed by atoms with Crippen LogP contribution in [-0.2, 0) is 4.79 Å². The van der Waals surface area contributed by atoms with E-state index in [1.165, 1.54) is 6.07 Å². The van der Waals surface area contributed by atoms with Gasteiger partial charge in [-0.3, -0.25) is 14.9 Å². The molecular formula is C13H18N2O4. The number of nitro benzene ring substituents is 1. The second-order valence-corrected chi connectivity index (χ2v) is 4.40. The smallest absolute Gasteiger partial charge is 0.310 e. The minimum Gasteiger partial charge on any atom is -0.487 e. The fraction of sp³-hybridized carbons (Fsp3) is 0.462. The molecule has 6 nitrogen and oxygen atoms in total. The highest BCUT2D eigenvalue weighted by molar-refractivity contribution is 5.76. The predicted octanol–water partition coefficient (Wildman–Crippen LogP) is 2.28. The molecule has 0 radical (unpaired) electrons. The van der Waals surface area contributed by atoms with Crippen molar-refractivity contribution in [3.8, 4) is 5.75 Å². The van der Waals surface area contributed by atoms with E-state index >= 15 is 0 Å². The maximum absolute atomic E-state index is 11.4. The SMILES string of the molecule is CC(C)NC(=O)CCCOc1ccccc1[N+](=O)[O-]. The van der Waals surface area contributed by atoms with Gasteiger partial charge in [-0.05, 0) is 26.3 Å². The number of benzene rings is 1. The van der Waals surface area contributed by atoms with Crippen LogP contribution in [0, 0.1) is 10.1 Å². The maximum atomic E-state index is 11.4. The summed E-state index contributed by atoms with van der Waals surface area (Å²) in [6.45, 7) is 4.06. The number of hydrogen-bond acceptors (Lipinski definition) is 4. The van der Waals surface area contributed by atoms with E-state index in [1.54, 1.807) is 18.2 Å². The van der Waals surface area contributed by atoms with Gasteiger partial charge in [0.15, 0.2) is 5.75 Å². The number of carbonyl (C=O) groups excluding carboxylic acids is 1. The zero-order valence-corrected chi connectivity index (χ0v) is 11.1. The number of nitrogens with one attached hydrogen (secondary N) is 1. The summed E-state index contributed by atoms with van der Waals surface area (Å²) in [7, 11) is 0. The van der Waals surface area contributed by atoms with Crippen LogP contribution in [0.15, 0.2) is 24.3 Å². The Morgan fingerprint density at radius 2 is 2.11 bits per heavy atom. The van der Waals surface area contributed by atoms with Gasteiger partial charge in [0.25, 0.3) is 0 Å². The van der Waals surface area contributed by atoms with Crippen molar-refractivity contribution >= 4 is 11.6 Å². The molecule has 0 saturated carbocycles. The monoisotopic (exact) mass is 266 g/mol. The van der Waals surface area contributed by atoms with Crippen LogP contribution >= 0.6 is 0 Å². The highest BCUT2D eigenvalue weighted by atomic mass is 16.6. The second-order valence-electron chi connectivity index (χ2n) is 4.40. The first-order valence-corrected chi connectivity index (χ1v) is 6.16. The number of amides is 1. The van der Waals surface area contributed by atoms with Crippen molar-refractivity contribution in [2.24, 2.45) is 0 Å². The third-order valence-corrected chi connectivity index (χ3v) is 2.32. The number of ether oxygens (including phenoxy) is 1. The molecule has 0 atom stereocenters. The molecular weight excluding hydrogens is 248 g/mol. The largest absolute Gasteiger partial charge is 0.487 e. The number of nitro groups is 1. The topological polar surface area (TPSA) is 81.5 Å². The Morgan fingerprint density at radius 3 is 2.74 bits per heavy atom. The number of nitrogens with zero attached hydrogens (tertiary/aromatic N) is 1. The molecule has 104 valence electrons. The lowest BCUT2D eigenvalue weighted by molar-refractivity contribution is -0.385. The number of carbonyl (C=O) groups is 1. The molecule has 1 aromatic carbocycles. The van der Waals surface area contributed by atoms with Gasteiger partial charge in [-0.25, -0.2) is 0 Å². The molecule has 6 heteroatoms.